The maximum atomic E-state index is 13.3. The first-order valence-electron chi connectivity index (χ1n) is 6.34. The van der Waals surface area contributed by atoms with Gasteiger partial charge in [-0.1, -0.05) is 35.5 Å². The van der Waals surface area contributed by atoms with Crippen LogP contribution >= 0.6 is 0 Å². The first-order valence-corrected chi connectivity index (χ1v) is 6.34. The number of benzene rings is 2. The molecule has 0 bridgehead atoms. The Bertz CT molecular complexity index is 751. The van der Waals surface area contributed by atoms with Gasteiger partial charge in [0, 0.05) is 0 Å². The van der Waals surface area contributed by atoms with E-state index in [9.17, 15) is 26.7 Å². The molecule has 0 fully saturated rings. The molecular formula is C15H8F5NO3. The lowest BCUT2D eigenvalue weighted by Crippen LogP contribution is -2.11. The third kappa shape index (κ3) is 3.86. The molecule has 0 N–H and O–H groups in total. The average molecular weight is 345 g/mol. The number of nitrogens with zero attached hydrogens (tertiary/aromatic N) is 1. The third-order valence-corrected chi connectivity index (χ3v) is 2.76. The third-order valence-electron chi connectivity index (χ3n) is 2.76. The average Bonchev–Trinajstić information content (AvgIpc) is 2.59. The summed E-state index contributed by atoms with van der Waals surface area (Å²) in [6.45, 7) is -1.22. The molecule has 9 heteroatoms. The second-order valence-electron chi connectivity index (χ2n) is 4.32. The van der Waals surface area contributed by atoms with Gasteiger partial charge >= 0.3 is 6.16 Å². The lowest BCUT2D eigenvalue weighted by atomic mass is 10.2. The van der Waals surface area contributed by atoms with Gasteiger partial charge in [-0.2, -0.15) is 0 Å². The summed E-state index contributed by atoms with van der Waals surface area (Å²) in [6.07, 6.45) is -0.328. The van der Waals surface area contributed by atoms with Crippen molar-refractivity contribution in [3.8, 4) is 0 Å². The minimum Gasteiger partial charge on any atom is -0.428 e. The second kappa shape index (κ2) is 7.53. The van der Waals surface area contributed by atoms with E-state index in [2.05, 4.69) is 14.7 Å². The van der Waals surface area contributed by atoms with Crippen molar-refractivity contribution in [1.82, 2.24) is 0 Å². The van der Waals surface area contributed by atoms with Gasteiger partial charge in [-0.15, -0.1) is 0 Å². The van der Waals surface area contributed by atoms with Crippen LogP contribution in [0.2, 0.25) is 0 Å². The highest BCUT2D eigenvalue weighted by Crippen LogP contribution is 2.23. The number of rotatable bonds is 4. The van der Waals surface area contributed by atoms with E-state index in [4.69, 9.17) is 0 Å². The molecule has 0 radical (unpaired) electrons. The van der Waals surface area contributed by atoms with Gasteiger partial charge < -0.3 is 4.74 Å². The molecule has 0 amide bonds. The van der Waals surface area contributed by atoms with E-state index >= 15 is 0 Å². The van der Waals surface area contributed by atoms with Crippen LogP contribution in [-0.2, 0) is 16.2 Å². The van der Waals surface area contributed by atoms with Crippen LogP contribution in [0.25, 0.3) is 0 Å². The summed E-state index contributed by atoms with van der Waals surface area (Å²) in [5, 5.41) is 3.25. The van der Waals surface area contributed by atoms with Crippen molar-refractivity contribution in [3.05, 3.63) is 70.5 Å². The highest BCUT2D eigenvalue weighted by Gasteiger charge is 2.26. The van der Waals surface area contributed by atoms with Gasteiger partial charge in [0.1, 0.15) is 6.61 Å². The Morgan fingerprint density at radius 2 is 1.46 bits per heavy atom. The Morgan fingerprint density at radius 1 is 0.917 bits per heavy atom. The summed E-state index contributed by atoms with van der Waals surface area (Å²) in [7, 11) is 0. The molecule has 0 heterocycles. The maximum absolute atomic E-state index is 13.3. The smallest absolute Gasteiger partial charge is 0.428 e. The fraction of sp³-hybridized carbons (Fsp3) is 0.0667. The van der Waals surface area contributed by atoms with Crippen LogP contribution in [0.3, 0.4) is 0 Å². The van der Waals surface area contributed by atoms with E-state index in [1.807, 2.05) is 0 Å². The highest BCUT2D eigenvalue weighted by atomic mass is 19.2. The van der Waals surface area contributed by atoms with Crippen molar-refractivity contribution in [2.24, 2.45) is 5.16 Å². The minimum absolute atomic E-state index is 0.588. The Kier molecular flexibility index (Phi) is 5.46. The molecule has 0 saturated heterocycles. The highest BCUT2D eigenvalue weighted by molar-refractivity contribution is 5.79. The van der Waals surface area contributed by atoms with Gasteiger partial charge in [0.15, 0.2) is 23.3 Å². The van der Waals surface area contributed by atoms with Crippen LogP contribution in [0, 0.1) is 29.1 Å². The summed E-state index contributed by atoms with van der Waals surface area (Å²) in [6, 6.07) is 8.43. The summed E-state index contributed by atoms with van der Waals surface area (Å²) in [4.78, 5) is 15.4. The van der Waals surface area contributed by atoms with E-state index in [-0.39, 0.29) is 0 Å². The largest absolute Gasteiger partial charge is 0.535 e. The van der Waals surface area contributed by atoms with Gasteiger partial charge in [-0.3, -0.25) is 4.84 Å². The molecule has 2 aromatic carbocycles. The first-order chi connectivity index (χ1) is 11.4. The van der Waals surface area contributed by atoms with E-state index in [1.165, 1.54) is 0 Å². The molecule has 0 saturated carbocycles. The number of ether oxygens (including phenoxy) is 1. The fourth-order valence-electron chi connectivity index (χ4n) is 1.60. The van der Waals surface area contributed by atoms with E-state index in [0.29, 0.717) is 5.56 Å². The molecule has 0 atom stereocenters. The molecular weight excluding hydrogens is 337 g/mol. The molecule has 0 aliphatic carbocycles. The van der Waals surface area contributed by atoms with E-state index in [1.54, 1.807) is 30.3 Å². The Labute approximate surface area is 132 Å². The molecule has 4 nitrogen and oxygen atoms in total. The standard InChI is InChI=1S/C15H8F5NO3/c16-10-9(11(17)13(19)14(20)12(10)18)7-23-15(22)24-21-6-8-4-2-1-3-5-8/h1-6H,7H2/b21-6+. The molecule has 2 aromatic rings. The van der Waals surface area contributed by atoms with Crippen LogP contribution < -0.4 is 0 Å². The van der Waals surface area contributed by atoms with Crippen LogP contribution in [-0.4, -0.2) is 12.4 Å². The number of halogens is 5. The number of carbonyl (C=O) groups excluding carboxylic acids is 1. The predicted octanol–water partition coefficient (Wildman–Crippen LogP) is 4.07. The first kappa shape index (κ1) is 17.4. The van der Waals surface area contributed by atoms with Crippen LogP contribution in [0.1, 0.15) is 11.1 Å². The van der Waals surface area contributed by atoms with Gasteiger partial charge in [0.25, 0.3) is 0 Å². The molecule has 0 aliphatic rings. The molecule has 0 unspecified atom stereocenters. The van der Waals surface area contributed by atoms with Gasteiger partial charge in [0.2, 0.25) is 5.82 Å². The van der Waals surface area contributed by atoms with Crippen LogP contribution in [0.15, 0.2) is 35.5 Å². The molecule has 0 aliphatic heterocycles. The summed E-state index contributed by atoms with van der Waals surface area (Å²) >= 11 is 0. The van der Waals surface area contributed by atoms with Crippen LogP contribution in [0.4, 0.5) is 26.7 Å². The summed E-state index contributed by atoms with van der Waals surface area (Å²) in [5.74, 6) is -10.8. The topological polar surface area (TPSA) is 47.9 Å². The normalized spacial score (nSPS) is 10.9. The number of oxime groups is 1. The number of hydrogen-bond acceptors (Lipinski definition) is 4. The van der Waals surface area contributed by atoms with Crippen molar-refractivity contribution in [3.63, 3.8) is 0 Å². The number of hydrogen-bond donors (Lipinski definition) is 0. The molecule has 0 spiro atoms. The minimum atomic E-state index is -2.30. The van der Waals surface area contributed by atoms with Crippen molar-refractivity contribution in [2.45, 2.75) is 6.61 Å². The fourth-order valence-corrected chi connectivity index (χ4v) is 1.60. The van der Waals surface area contributed by atoms with Gasteiger partial charge in [-0.25, -0.2) is 26.7 Å². The molecule has 24 heavy (non-hydrogen) atoms. The van der Waals surface area contributed by atoms with Gasteiger partial charge in [0.05, 0.1) is 11.8 Å². The van der Waals surface area contributed by atoms with Gasteiger partial charge in [-0.05, 0) is 5.56 Å². The van der Waals surface area contributed by atoms with Crippen molar-refractivity contribution < 1.29 is 36.3 Å². The van der Waals surface area contributed by atoms with E-state index in [0.717, 1.165) is 6.21 Å². The zero-order valence-electron chi connectivity index (χ0n) is 11.7. The number of carbonyl (C=O) groups is 1. The van der Waals surface area contributed by atoms with E-state index < -0.39 is 47.4 Å². The SMILES string of the molecule is O=C(OCc1c(F)c(F)c(F)c(F)c1F)O/N=C/c1ccccc1. The maximum Gasteiger partial charge on any atom is 0.535 e. The Hall–Kier alpha value is -2.97. The second-order valence-corrected chi connectivity index (χ2v) is 4.32. The van der Waals surface area contributed by atoms with Crippen molar-refractivity contribution >= 4 is 12.4 Å². The summed E-state index contributed by atoms with van der Waals surface area (Å²) < 4.78 is 69.7. The molecule has 126 valence electrons. The van der Waals surface area contributed by atoms with Crippen molar-refractivity contribution in [2.75, 3.05) is 0 Å². The van der Waals surface area contributed by atoms with Crippen LogP contribution in [0.5, 0.6) is 0 Å². The predicted molar refractivity (Wildman–Crippen MR) is 71.5 cm³/mol. The summed E-state index contributed by atoms with van der Waals surface area (Å²) in [5.41, 5.74) is -0.708. The van der Waals surface area contributed by atoms with Crippen molar-refractivity contribution in [1.29, 1.82) is 0 Å². The Morgan fingerprint density at radius 3 is 2.04 bits per heavy atom. The molecule has 2 rings (SSSR count). The zero-order chi connectivity index (χ0) is 17.7. The molecule has 0 aromatic heterocycles. The monoisotopic (exact) mass is 345 g/mol. The zero-order valence-corrected chi connectivity index (χ0v) is 11.7. The quantitative estimate of drug-likeness (QED) is 0.160. The lowest BCUT2D eigenvalue weighted by Gasteiger charge is -2.07. The Balaban J connectivity index is 1.99. The lowest BCUT2D eigenvalue weighted by molar-refractivity contribution is 0.0505.